The summed E-state index contributed by atoms with van der Waals surface area (Å²) in [5, 5.41) is 4.78. The van der Waals surface area contributed by atoms with E-state index in [-0.39, 0.29) is 0 Å². The van der Waals surface area contributed by atoms with Crippen molar-refractivity contribution in [3.63, 3.8) is 0 Å². The van der Waals surface area contributed by atoms with Crippen LogP contribution in [0.4, 0.5) is 17.1 Å². The number of fused-ring (bicyclic) bond motifs is 6. The van der Waals surface area contributed by atoms with E-state index >= 15 is 0 Å². The molecular formula is C72H48N2O. The molecule has 14 rings (SSSR count). The Labute approximate surface area is 436 Å². The van der Waals surface area contributed by atoms with E-state index in [2.05, 4.69) is 289 Å². The minimum atomic E-state index is 0.897. The molecule has 12 aromatic carbocycles. The van der Waals surface area contributed by atoms with Crippen LogP contribution in [0.2, 0.25) is 0 Å². The SMILES string of the molecule is c1ccc(-c2ccccc2-c2ccccc2-c2ccccc2-c2ccc(N(c3ccc(-c4ccc(-n5c6ccccc6c6ccccc65)cc4)cc3)c3ccc(-c4ccc5oc6ccccc6c5c4)cc3)cc2)cc1. The summed E-state index contributed by atoms with van der Waals surface area (Å²) in [4.78, 5) is 2.36. The third-order valence-electron chi connectivity index (χ3n) is 14.9. The first kappa shape index (κ1) is 43.8. The lowest BCUT2D eigenvalue weighted by molar-refractivity contribution is 0.669. The van der Waals surface area contributed by atoms with Crippen molar-refractivity contribution in [3.8, 4) is 72.4 Å². The van der Waals surface area contributed by atoms with E-state index in [9.17, 15) is 0 Å². The predicted molar refractivity (Wildman–Crippen MR) is 315 cm³/mol. The summed E-state index contributed by atoms with van der Waals surface area (Å²) < 4.78 is 8.55. The van der Waals surface area contributed by atoms with Crippen molar-refractivity contribution in [2.45, 2.75) is 0 Å². The van der Waals surface area contributed by atoms with E-state index in [4.69, 9.17) is 4.42 Å². The Morgan fingerprint density at radius 1 is 0.240 bits per heavy atom. The van der Waals surface area contributed by atoms with Gasteiger partial charge in [-0.15, -0.1) is 0 Å². The van der Waals surface area contributed by atoms with Crippen molar-refractivity contribution in [1.29, 1.82) is 0 Å². The van der Waals surface area contributed by atoms with Crippen LogP contribution in [0, 0.1) is 0 Å². The molecule has 0 radical (unpaired) electrons. The van der Waals surface area contributed by atoms with Crippen molar-refractivity contribution in [2.75, 3.05) is 4.90 Å². The number of benzene rings is 12. The molecule has 2 heterocycles. The number of furan rings is 1. The Morgan fingerprint density at radius 2 is 0.600 bits per heavy atom. The van der Waals surface area contributed by atoms with E-state index in [1.54, 1.807) is 0 Å². The van der Waals surface area contributed by atoms with E-state index in [1.165, 1.54) is 60.8 Å². The average molecular weight is 957 g/mol. The summed E-state index contributed by atoms with van der Waals surface area (Å²) in [7, 11) is 0. The van der Waals surface area contributed by atoms with Gasteiger partial charge in [-0.2, -0.15) is 0 Å². The van der Waals surface area contributed by atoms with Gasteiger partial charge in [-0.05, 0) is 146 Å². The van der Waals surface area contributed by atoms with Gasteiger partial charge in [0.1, 0.15) is 11.2 Å². The van der Waals surface area contributed by atoms with Gasteiger partial charge in [-0.1, -0.05) is 212 Å². The van der Waals surface area contributed by atoms with Gasteiger partial charge in [0.25, 0.3) is 0 Å². The highest BCUT2D eigenvalue weighted by molar-refractivity contribution is 6.09. The molecule has 0 aliphatic rings. The van der Waals surface area contributed by atoms with Crippen LogP contribution in [0.5, 0.6) is 0 Å². The second-order valence-electron chi connectivity index (χ2n) is 19.2. The Hall–Kier alpha value is -9.96. The monoisotopic (exact) mass is 956 g/mol. The molecule has 352 valence electrons. The number of hydrogen-bond acceptors (Lipinski definition) is 2. The van der Waals surface area contributed by atoms with Crippen molar-refractivity contribution >= 4 is 60.8 Å². The zero-order valence-electron chi connectivity index (χ0n) is 41.0. The molecule has 0 aliphatic carbocycles. The smallest absolute Gasteiger partial charge is 0.135 e. The molecule has 3 heteroatoms. The summed E-state index contributed by atoms with van der Waals surface area (Å²) in [5.74, 6) is 0. The number of aromatic nitrogens is 1. The molecular weight excluding hydrogens is 909 g/mol. The zero-order valence-corrected chi connectivity index (χ0v) is 41.0. The second kappa shape index (κ2) is 18.6. The van der Waals surface area contributed by atoms with Crippen molar-refractivity contribution in [2.24, 2.45) is 0 Å². The lowest BCUT2D eigenvalue weighted by Gasteiger charge is -2.26. The molecule has 0 N–H and O–H groups in total. The van der Waals surface area contributed by atoms with Crippen molar-refractivity contribution < 1.29 is 4.42 Å². The molecule has 0 aliphatic heterocycles. The number of anilines is 3. The van der Waals surface area contributed by atoms with Crippen LogP contribution >= 0.6 is 0 Å². The highest BCUT2D eigenvalue weighted by Gasteiger charge is 2.19. The van der Waals surface area contributed by atoms with Gasteiger partial charge >= 0.3 is 0 Å². The van der Waals surface area contributed by atoms with Crippen LogP contribution in [-0.4, -0.2) is 4.57 Å². The Balaban J connectivity index is 0.823. The van der Waals surface area contributed by atoms with Crippen LogP contribution in [0.1, 0.15) is 0 Å². The minimum Gasteiger partial charge on any atom is -0.456 e. The van der Waals surface area contributed by atoms with E-state index < -0.39 is 0 Å². The third kappa shape index (κ3) is 7.86. The molecule has 3 nitrogen and oxygen atoms in total. The van der Waals surface area contributed by atoms with Gasteiger partial charge in [0.05, 0.1) is 11.0 Å². The zero-order chi connectivity index (χ0) is 49.7. The Kier molecular flexibility index (Phi) is 10.8. The van der Waals surface area contributed by atoms with Crippen LogP contribution in [0.3, 0.4) is 0 Å². The van der Waals surface area contributed by atoms with Crippen LogP contribution in [0.25, 0.3) is 116 Å². The van der Waals surface area contributed by atoms with Crippen LogP contribution in [-0.2, 0) is 0 Å². The maximum absolute atomic E-state index is 6.18. The van der Waals surface area contributed by atoms with Gasteiger partial charge in [-0.3, -0.25) is 0 Å². The second-order valence-corrected chi connectivity index (χ2v) is 19.2. The van der Waals surface area contributed by atoms with E-state index in [1.807, 2.05) is 12.1 Å². The van der Waals surface area contributed by atoms with Gasteiger partial charge in [0, 0.05) is 44.3 Å². The molecule has 0 fully saturated rings. The number of nitrogens with zero attached hydrogens (tertiary/aromatic N) is 2. The molecule has 0 saturated carbocycles. The van der Waals surface area contributed by atoms with Crippen LogP contribution in [0.15, 0.2) is 296 Å². The fourth-order valence-corrected chi connectivity index (χ4v) is 11.3. The number of hydrogen-bond donors (Lipinski definition) is 0. The number of rotatable bonds is 10. The molecule has 0 bridgehead atoms. The van der Waals surface area contributed by atoms with Gasteiger partial charge < -0.3 is 13.9 Å². The summed E-state index contributed by atoms with van der Waals surface area (Å²) in [6, 6.07) is 105. The Morgan fingerprint density at radius 3 is 1.13 bits per heavy atom. The molecule has 0 amide bonds. The number of para-hydroxylation sites is 3. The third-order valence-corrected chi connectivity index (χ3v) is 14.9. The molecule has 0 saturated heterocycles. The topological polar surface area (TPSA) is 21.3 Å². The quantitative estimate of drug-likeness (QED) is 0.136. The highest BCUT2D eigenvalue weighted by atomic mass is 16.3. The molecule has 0 spiro atoms. The fraction of sp³-hybridized carbons (Fsp3) is 0. The maximum Gasteiger partial charge on any atom is 0.135 e. The van der Waals surface area contributed by atoms with Crippen molar-refractivity contribution in [1.82, 2.24) is 4.57 Å². The average Bonchev–Trinajstić information content (AvgIpc) is 4.05. The largest absolute Gasteiger partial charge is 0.456 e. The first-order chi connectivity index (χ1) is 37.2. The van der Waals surface area contributed by atoms with E-state index in [0.29, 0.717) is 0 Å². The molecule has 0 unspecified atom stereocenters. The normalized spacial score (nSPS) is 11.5. The first-order valence-corrected chi connectivity index (χ1v) is 25.6. The molecule has 2 aromatic heterocycles. The van der Waals surface area contributed by atoms with Gasteiger partial charge in [0.15, 0.2) is 0 Å². The summed E-state index contributed by atoms with van der Waals surface area (Å²) in [5.41, 5.74) is 22.7. The highest BCUT2D eigenvalue weighted by Crippen LogP contribution is 2.44. The van der Waals surface area contributed by atoms with Gasteiger partial charge in [-0.25, -0.2) is 0 Å². The minimum absolute atomic E-state index is 0.897. The molecule has 14 aromatic rings. The summed E-state index contributed by atoms with van der Waals surface area (Å²) >= 11 is 0. The Bertz CT molecular complexity index is 4320. The lowest BCUT2D eigenvalue weighted by atomic mass is 9.87. The predicted octanol–water partition coefficient (Wildman–Crippen LogP) is 20.2. The maximum atomic E-state index is 6.18. The van der Waals surface area contributed by atoms with Gasteiger partial charge in [0.2, 0.25) is 0 Å². The molecule has 0 atom stereocenters. The fourth-order valence-electron chi connectivity index (χ4n) is 11.3. The van der Waals surface area contributed by atoms with Crippen LogP contribution < -0.4 is 4.90 Å². The summed E-state index contributed by atoms with van der Waals surface area (Å²) in [6.45, 7) is 0. The lowest BCUT2D eigenvalue weighted by Crippen LogP contribution is -2.09. The van der Waals surface area contributed by atoms with E-state index in [0.717, 1.165) is 72.5 Å². The molecule has 75 heavy (non-hydrogen) atoms. The van der Waals surface area contributed by atoms with Crippen molar-refractivity contribution in [3.05, 3.63) is 291 Å². The summed E-state index contributed by atoms with van der Waals surface area (Å²) in [6.07, 6.45) is 0. The standard InChI is InChI=1S/C72H48N2O/c1-2-16-52(17-3-1)59-18-4-6-20-61(59)63-22-8-9-23-64(63)62-21-7-5-19-60(62)53-36-45-57(46-37-53)73(56-41-34-51(35-42-56)54-38-47-72-68(48-54)67-26-12-15-29-71(67)75-72)55-39-30-49(31-40-55)50-32-43-58(44-33-50)74-69-27-13-10-24-65(69)66-25-11-14-28-70(66)74/h1-48H. The first-order valence-electron chi connectivity index (χ1n) is 25.6.